The number of rotatable bonds is 3. The maximum atomic E-state index is 12.3. The molecule has 0 aromatic heterocycles. The van der Waals surface area contributed by atoms with E-state index in [0.717, 1.165) is 0 Å². The molecule has 0 fully saturated rings. The fourth-order valence-corrected chi connectivity index (χ4v) is 2.16. The van der Waals surface area contributed by atoms with Gasteiger partial charge in [-0.15, -0.1) is 0 Å². The van der Waals surface area contributed by atoms with E-state index in [1.807, 2.05) is 6.07 Å². The van der Waals surface area contributed by atoms with Gasteiger partial charge in [-0.3, -0.25) is 4.79 Å². The third-order valence-corrected chi connectivity index (χ3v) is 3.15. The van der Waals surface area contributed by atoms with Gasteiger partial charge in [0.25, 0.3) is 0 Å². The van der Waals surface area contributed by atoms with Crippen molar-refractivity contribution < 1.29 is 19.4 Å². The van der Waals surface area contributed by atoms with Crippen LogP contribution in [0, 0.1) is 11.3 Å². The summed E-state index contributed by atoms with van der Waals surface area (Å²) in [5.41, 5.74) is 1.04. The zero-order chi connectivity index (χ0) is 15.5. The predicted octanol–water partition coefficient (Wildman–Crippen LogP) is 2.91. The van der Waals surface area contributed by atoms with Crippen molar-refractivity contribution in [1.29, 1.82) is 5.26 Å². The van der Waals surface area contributed by atoms with Gasteiger partial charge in [-0.25, -0.2) is 0 Å². The number of aromatic hydroxyl groups is 1. The van der Waals surface area contributed by atoms with Gasteiger partial charge in [-0.05, 0) is 24.3 Å². The normalized spacial score (nSPS) is 14.3. The number of para-hydroxylation sites is 1. The van der Waals surface area contributed by atoms with Crippen LogP contribution in [0.15, 0.2) is 48.2 Å². The molecule has 0 atom stereocenters. The molecule has 0 radical (unpaired) electrons. The van der Waals surface area contributed by atoms with Gasteiger partial charge in [-0.2, -0.15) is 5.26 Å². The lowest BCUT2D eigenvalue weighted by molar-refractivity contribution is 0.101. The van der Waals surface area contributed by atoms with Crippen LogP contribution >= 0.6 is 0 Å². The number of carbonyl (C=O) groups excluding carboxylic acids is 1. The van der Waals surface area contributed by atoms with E-state index in [4.69, 9.17) is 14.7 Å². The molecule has 2 aromatic carbocycles. The summed E-state index contributed by atoms with van der Waals surface area (Å²) in [6.45, 7) is -0.0803. The smallest absolute Gasteiger partial charge is 0.231 e. The summed E-state index contributed by atoms with van der Waals surface area (Å²) in [5.74, 6) is 0.739. The van der Waals surface area contributed by atoms with Crippen LogP contribution in [-0.4, -0.2) is 17.5 Å². The van der Waals surface area contributed by atoms with E-state index in [9.17, 15) is 9.90 Å². The van der Waals surface area contributed by atoms with Gasteiger partial charge in [0.2, 0.25) is 5.78 Å². The second-order valence-corrected chi connectivity index (χ2v) is 4.60. The largest absolute Gasteiger partial charge is 0.508 e. The monoisotopic (exact) mass is 293 g/mol. The summed E-state index contributed by atoms with van der Waals surface area (Å²) in [4.78, 5) is 12.3. The third-order valence-electron chi connectivity index (χ3n) is 3.15. The number of Topliss-reactive ketones (excluding diaryl/α,β-unsaturated/α-hetero) is 1. The number of hydrogen-bond donors (Lipinski definition) is 1. The van der Waals surface area contributed by atoms with Crippen LogP contribution in [0.25, 0.3) is 6.08 Å². The second-order valence-electron chi connectivity index (χ2n) is 4.60. The Morgan fingerprint density at radius 3 is 2.91 bits per heavy atom. The van der Waals surface area contributed by atoms with Gasteiger partial charge >= 0.3 is 0 Å². The Balaban J connectivity index is 1.95. The average molecular weight is 293 g/mol. The van der Waals surface area contributed by atoms with E-state index in [0.29, 0.717) is 22.6 Å². The highest BCUT2D eigenvalue weighted by atomic mass is 16.5. The van der Waals surface area contributed by atoms with Gasteiger partial charge in [0.05, 0.1) is 5.56 Å². The maximum absolute atomic E-state index is 12.3. The molecule has 0 spiro atoms. The minimum absolute atomic E-state index is 0.0329. The Kier molecular flexibility index (Phi) is 3.50. The predicted molar refractivity (Wildman–Crippen MR) is 78.6 cm³/mol. The number of nitrogens with zero attached hydrogens (tertiary/aromatic N) is 1. The van der Waals surface area contributed by atoms with Crippen molar-refractivity contribution in [3.8, 4) is 23.3 Å². The number of benzene rings is 2. The Bertz CT molecular complexity index is 818. The zero-order valence-electron chi connectivity index (χ0n) is 11.4. The van der Waals surface area contributed by atoms with Gasteiger partial charge in [0.1, 0.15) is 23.3 Å². The van der Waals surface area contributed by atoms with Crippen molar-refractivity contribution in [1.82, 2.24) is 0 Å². The second kappa shape index (κ2) is 5.62. The van der Waals surface area contributed by atoms with Crippen LogP contribution in [0.3, 0.4) is 0 Å². The van der Waals surface area contributed by atoms with Crippen LogP contribution in [0.1, 0.15) is 15.9 Å². The van der Waals surface area contributed by atoms with Crippen LogP contribution in [-0.2, 0) is 0 Å². The highest BCUT2D eigenvalue weighted by molar-refractivity contribution is 6.14. The Morgan fingerprint density at radius 2 is 2.09 bits per heavy atom. The van der Waals surface area contributed by atoms with E-state index in [-0.39, 0.29) is 23.9 Å². The van der Waals surface area contributed by atoms with Crippen LogP contribution in [0.4, 0.5) is 0 Å². The first kappa shape index (κ1) is 13.7. The first-order chi connectivity index (χ1) is 10.7. The van der Waals surface area contributed by atoms with Crippen LogP contribution in [0.2, 0.25) is 0 Å². The maximum Gasteiger partial charge on any atom is 0.231 e. The molecule has 1 aliphatic rings. The number of phenolic OH excluding ortho intramolecular Hbond substituents is 1. The first-order valence-corrected chi connectivity index (χ1v) is 6.55. The minimum Gasteiger partial charge on any atom is -0.508 e. The highest BCUT2D eigenvalue weighted by Crippen LogP contribution is 2.35. The number of allylic oxidation sites excluding steroid dienone is 1. The van der Waals surface area contributed by atoms with Crippen molar-refractivity contribution >= 4 is 11.9 Å². The van der Waals surface area contributed by atoms with Crippen molar-refractivity contribution in [3.63, 3.8) is 0 Å². The lowest BCUT2D eigenvalue weighted by Crippen LogP contribution is -2.00. The summed E-state index contributed by atoms with van der Waals surface area (Å²) in [6.07, 6.45) is 1.56. The lowest BCUT2D eigenvalue weighted by Gasteiger charge is -2.06. The SMILES string of the molecule is N#CCOc1ccccc1/C=C1\Oc2cc(O)ccc2C1=O. The molecule has 1 N–H and O–H groups in total. The van der Waals surface area contributed by atoms with Crippen molar-refractivity contribution in [3.05, 3.63) is 59.4 Å². The first-order valence-electron chi connectivity index (χ1n) is 6.55. The molecule has 0 saturated carbocycles. The fraction of sp³-hybridized carbons (Fsp3) is 0.0588. The molecule has 108 valence electrons. The van der Waals surface area contributed by atoms with Crippen LogP contribution in [0.5, 0.6) is 17.2 Å². The summed E-state index contributed by atoms with van der Waals surface area (Å²) in [5, 5.41) is 18.0. The molecule has 5 heteroatoms. The van der Waals surface area contributed by atoms with E-state index in [1.165, 1.54) is 18.2 Å². The number of ether oxygens (including phenoxy) is 2. The van der Waals surface area contributed by atoms with E-state index >= 15 is 0 Å². The number of nitriles is 1. The highest BCUT2D eigenvalue weighted by Gasteiger charge is 2.27. The molecule has 0 aliphatic carbocycles. The standard InChI is InChI=1S/C17H11NO4/c18-7-8-21-14-4-2-1-3-11(14)9-16-17(20)13-6-5-12(19)10-15(13)22-16/h1-6,9-10,19H,8H2/b16-9-. The lowest BCUT2D eigenvalue weighted by atomic mass is 10.1. The van der Waals surface area contributed by atoms with Gasteiger partial charge in [0.15, 0.2) is 12.4 Å². The number of phenols is 1. The molecule has 2 aromatic rings. The Labute approximate surface area is 126 Å². The van der Waals surface area contributed by atoms with Gasteiger partial charge in [-0.1, -0.05) is 18.2 Å². The molecule has 22 heavy (non-hydrogen) atoms. The molecule has 1 heterocycles. The molecule has 0 saturated heterocycles. The quantitative estimate of drug-likeness (QED) is 0.880. The summed E-state index contributed by atoms with van der Waals surface area (Å²) in [7, 11) is 0. The van der Waals surface area contributed by atoms with Gasteiger partial charge in [0, 0.05) is 11.6 Å². The summed E-state index contributed by atoms with van der Waals surface area (Å²) in [6, 6.07) is 13.3. The van der Waals surface area contributed by atoms with E-state index in [1.54, 1.807) is 30.3 Å². The minimum atomic E-state index is -0.259. The third kappa shape index (κ3) is 2.50. The molecule has 0 bridgehead atoms. The Morgan fingerprint density at radius 1 is 1.27 bits per heavy atom. The van der Waals surface area contributed by atoms with Crippen molar-refractivity contribution in [2.75, 3.05) is 6.61 Å². The number of carbonyl (C=O) groups is 1. The molecular weight excluding hydrogens is 282 g/mol. The number of ketones is 1. The molecule has 3 rings (SSSR count). The summed E-state index contributed by atoms with van der Waals surface area (Å²) < 4.78 is 10.8. The molecular formula is C17H11NO4. The number of fused-ring (bicyclic) bond motifs is 1. The van der Waals surface area contributed by atoms with Gasteiger partial charge < -0.3 is 14.6 Å². The summed E-state index contributed by atoms with van der Waals surface area (Å²) >= 11 is 0. The van der Waals surface area contributed by atoms with Crippen molar-refractivity contribution in [2.24, 2.45) is 0 Å². The van der Waals surface area contributed by atoms with Crippen molar-refractivity contribution in [2.45, 2.75) is 0 Å². The van der Waals surface area contributed by atoms with E-state index in [2.05, 4.69) is 0 Å². The average Bonchev–Trinajstić information content (AvgIpc) is 2.82. The zero-order valence-corrected chi connectivity index (χ0v) is 11.4. The molecule has 0 unspecified atom stereocenters. The number of hydrogen-bond acceptors (Lipinski definition) is 5. The molecule has 5 nitrogen and oxygen atoms in total. The topological polar surface area (TPSA) is 79.6 Å². The molecule has 0 amide bonds. The fourth-order valence-electron chi connectivity index (χ4n) is 2.16. The molecule has 1 aliphatic heterocycles. The van der Waals surface area contributed by atoms with Crippen LogP contribution < -0.4 is 9.47 Å². The van der Waals surface area contributed by atoms with E-state index < -0.39 is 0 Å². The Hall–Kier alpha value is -3.26.